The van der Waals surface area contributed by atoms with Crippen LogP contribution in [0.25, 0.3) is 10.9 Å². The van der Waals surface area contributed by atoms with Gasteiger partial charge >= 0.3 is 0 Å². The van der Waals surface area contributed by atoms with Crippen molar-refractivity contribution in [2.45, 2.75) is 0 Å². The summed E-state index contributed by atoms with van der Waals surface area (Å²) in [6.45, 7) is 0. The van der Waals surface area contributed by atoms with Crippen molar-refractivity contribution in [3.05, 3.63) is 59.2 Å². The second-order valence-electron chi connectivity index (χ2n) is 6.03. The number of nitrogens with zero attached hydrogens (tertiary/aromatic N) is 3. The molecule has 1 aromatic heterocycles. The second kappa shape index (κ2) is 7.11. The molecular weight excluding hydrogens is 334 g/mol. The maximum Gasteiger partial charge on any atom is 0.225 e. The fourth-order valence-electron chi connectivity index (χ4n) is 2.67. The fourth-order valence-corrected chi connectivity index (χ4v) is 2.93. The van der Waals surface area contributed by atoms with Crippen molar-refractivity contribution < 1.29 is 9.30 Å². The summed E-state index contributed by atoms with van der Waals surface area (Å²) >= 11 is 6.46. The first-order chi connectivity index (χ1) is 12.0. The Morgan fingerprint density at radius 3 is 2.44 bits per heavy atom. The number of aromatic nitrogens is 1. The monoisotopic (exact) mass is 354 g/mol. The predicted molar refractivity (Wildman–Crippen MR) is 105 cm³/mol. The fraction of sp³-hybridized carbons (Fsp3) is 0.200. The van der Waals surface area contributed by atoms with Gasteiger partial charge in [-0.05, 0) is 36.4 Å². The van der Waals surface area contributed by atoms with Crippen LogP contribution in [0.4, 0.5) is 11.4 Å². The Morgan fingerprint density at radius 2 is 1.80 bits per heavy atom. The molecule has 0 aliphatic rings. The van der Waals surface area contributed by atoms with Gasteiger partial charge in [0.05, 0.1) is 29.4 Å². The highest BCUT2D eigenvalue weighted by Gasteiger charge is 2.15. The van der Waals surface area contributed by atoms with Crippen molar-refractivity contribution in [3.8, 4) is 5.75 Å². The molecule has 0 bridgehead atoms. The van der Waals surface area contributed by atoms with Gasteiger partial charge < -0.3 is 9.64 Å². The molecule has 0 saturated carbocycles. The zero-order chi connectivity index (χ0) is 18.0. The van der Waals surface area contributed by atoms with Gasteiger partial charge in [-0.3, -0.25) is 0 Å². The predicted octanol–water partition coefficient (Wildman–Crippen LogP) is 4.14. The van der Waals surface area contributed by atoms with Crippen LogP contribution in [-0.2, 0) is 7.05 Å². The molecule has 0 radical (unpaired) electrons. The first-order valence-corrected chi connectivity index (χ1v) is 8.35. The van der Waals surface area contributed by atoms with Crippen LogP contribution in [0.1, 0.15) is 5.69 Å². The molecule has 0 saturated heterocycles. The number of methoxy groups -OCH3 is 1. The largest absolute Gasteiger partial charge is 0.497 e. The van der Waals surface area contributed by atoms with E-state index in [4.69, 9.17) is 16.3 Å². The highest BCUT2D eigenvalue weighted by molar-refractivity contribution is 6.35. The molecule has 0 aliphatic heterocycles. The third kappa shape index (κ3) is 3.59. The first-order valence-electron chi connectivity index (χ1n) is 7.97. The molecule has 0 amide bonds. The Bertz CT molecular complexity index is 934. The normalized spacial score (nSPS) is 11.2. The molecule has 3 rings (SSSR count). The van der Waals surface area contributed by atoms with Crippen molar-refractivity contribution in [1.29, 1.82) is 0 Å². The molecule has 1 heterocycles. The number of ether oxygens (including phenoxy) is 1. The van der Waals surface area contributed by atoms with Crippen LogP contribution in [0.15, 0.2) is 53.5 Å². The van der Waals surface area contributed by atoms with Crippen LogP contribution in [0.3, 0.4) is 0 Å². The van der Waals surface area contributed by atoms with E-state index in [1.807, 2.05) is 75.9 Å². The topological polar surface area (TPSA) is 28.7 Å². The molecule has 3 aromatic rings. The van der Waals surface area contributed by atoms with Gasteiger partial charge in [-0.1, -0.05) is 11.6 Å². The quantitative estimate of drug-likeness (QED) is 0.520. The van der Waals surface area contributed by atoms with Crippen LogP contribution in [0.5, 0.6) is 5.75 Å². The van der Waals surface area contributed by atoms with Gasteiger partial charge in [0.25, 0.3) is 0 Å². The Kier molecular flexibility index (Phi) is 4.91. The Balaban J connectivity index is 1.97. The lowest BCUT2D eigenvalue weighted by Crippen LogP contribution is -2.34. The van der Waals surface area contributed by atoms with Crippen LogP contribution in [-0.4, -0.2) is 27.4 Å². The summed E-state index contributed by atoms with van der Waals surface area (Å²) in [5.41, 5.74) is 4.00. The number of hydrogen-bond acceptors (Lipinski definition) is 3. The van der Waals surface area contributed by atoms with Gasteiger partial charge in [0.2, 0.25) is 11.2 Å². The van der Waals surface area contributed by atoms with Crippen molar-refractivity contribution in [3.63, 3.8) is 0 Å². The smallest absolute Gasteiger partial charge is 0.225 e. The third-order valence-electron chi connectivity index (χ3n) is 4.20. The van der Waals surface area contributed by atoms with Crippen molar-refractivity contribution in [2.24, 2.45) is 12.0 Å². The lowest BCUT2D eigenvalue weighted by atomic mass is 10.2. The van der Waals surface area contributed by atoms with E-state index < -0.39 is 0 Å². The molecule has 2 aromatic carbocycles. The highest BCUT2D eigenvalue weighted by Crippen LogP contribution is 2.26. The van der Waals surface area contributed by atoms with E-state index in [0.29, 0.717) is 5.02 Å². The van der Waals surface area contributed by atoms with E-state index in [9.17, 15) is 0 Å². The molecule has 25 heavy (non-hydrogen) atoms. The van der Waals surface area contributed by atoms with E-state index in [-0.39, 0.29) is 0 Å². The lowest BCUT2D eigenvalue weighted by Gasteiger charge is -2.11. The molecule has 5 heteroatoms. The third-order valence-corrected chi connectivity index (χ3v) is 4.51. The summed E-state index contributed by atoms with van der Waals surface area (Å²) in [6.07, 6.45) is 1.83. The number of aryl methyl sites for hydroxylation is 1. The minimum Gasteiger partial charge on any atom is -0.497 e. The number of benzene rings is 2. The summed E-state index contributed by atoms with van der Waals surface area (Å²) in [5.74, 6) is 0.789. The van der Waals surface area contributed by atoms with Crippen LogP contribution in [0, 0.1) is 0 Å². The standard InChI is InChI=1S/C20H21ClN3O/c1-23(2)15-7-5-14(6-8-15)22-13-16-11-19(21)18-12-17(25-4)9-10-20(18)24(16)3/h5-13H,1-4H3/q+1. The van der Waals surface area contributed by atoms with Gasteiger partial charge in [0.1, 0.15) is 12.8 Å². The van der Waals surface area contributed by atoms with E-state index in [0.717, 1.165) is 33.7 Å². The number of hydrogen-bond donors (Lipinski definition) is 0. The average Bonchev–Trinajstić information content (AvgIpc) is 2.63. The molecule has 4 nitrogen and oxygen atoms in total. The van der Waals surface area contributed by atoms with Crippen LogP contribution >= 0.6 is 11.6 Å². The maximum absolute atomic E-state index is 6.46. The molecular formula is C20H21ClN3O+. The number of halogens is 1. The van der Waals surface area contributed by atoms with Crippen LogP contribution in [0.2, 0.25) is 5.02 Å². The number of aliphatic imine (C=N–C) groups is 1. The summed E-state index contributed by atoms with van der Waals surface area (Å²) in [5, 5.41) is 1.63. The van der Waals surface area contributed by atoms with Gasteiger partial charge in [-0.25, -0.2) is 4.99 Å². The van der Waals surface area contributed by atoms with Crippen molar-refractivity contribution in [1.82, 2.24) is 0 Å². The summed E-state index contributed by atoms with van der Waals surface area (Å²) in [7, 11) is 7.69. The van der Waals surface area contributed by atoms with E-state index >= 15 is 0 Å². The summed E-state index contributed by atoms with van der Waals surface area (Å²) in [4.78, 5) is 6.63. The van der Waals surface area contributed by atoms with Crippen LogP contribution < -0.4 is 14.2 Å². The molecule has 0 aliphatic carbocycles. The molecule has 128 valence electrons. The van der Waals surface area contributed by atoms with Gasteiger partial charge in [0, 0.05) is 31.9 Å². The number of anilines is 1. The average molecular weight is 355 g/mol. The summed E-state index contributed by atoms with van der Waals surface area (Å²) < 4.78 is 7.35. The number of pyridine rings is 1. The minimum absolute atomic E-state index is 0.677. The van der Waals surface area contributed by atoms with Gasteiger partial charge in [0.15, 0.2) is 0 Å². The first kappa shape index (κ1) is 17.2. The Morgan fingerprint density at radius 1 is 1.08 bits per heavy atom. The number of fused-ring (bicyclic) bond motifs is 1. The molecule has 0 unspecified atom stereocenters. The maximum atomic E-state index is 6.46. The SMILES string of the molecule is COc1ccc2c(c1)c(Cl)cc(/C=N/c1ccc(N(C)C)cc1)[n+]2C. The molecule has 0 fully saturated rings. The summed E-state index contributed by atoms with van der Waals surface area (Å²) in [6, 6.07) is 15.9. The second-order valence-corrected chi connectivity index (χ2v) is 6.44. The Labute approximate surface area is 152 Å². The van der Waals surface area contributed by atoms with Gasteiger partial charge in [-0.2, -0.15) is 4.57 Å². The zero-order valence-corrected chi connectivity index (χ0v) is 15.6. The minimum atomic E-state index is 0.677. The molecule has 0 N–H and O–H groups in total. The molecule has 0 spiro atoms. The zero-order valence-electron chi connectivity index (χ0n) is 14.8. The van der Waals surface area contributed by atoms with Gasteiger partial charge in [-0.15, -0.1) is 0 Å². The van der Waals surface area contributed by atoms with E-state index in [2.05, 4.69) is 14.5 Å². The Hall–Kier alpha value is -2.59. The molecule has 0 atom stereocenters. The number of rotatable bonds is 4. The highest BCUT2D eigenvalue weighted by atomic mass is 35.5. The van der Waals surface area contributed by atoms with E-state index in [1.165, 1.54) is 0 Å². The lowest BCUT2D eigenvalue weighted by molar-refractivity contribution is -0.645. The van der Waals surface area contributed by atoms with Crippen molar-refractivity contribution in [2.75, 3.05) is 26.1 Å². The van der Waals surface area contributed by atoms with Crippen molar-refractivity contribution >= 4 is 40.1 Å². The van der Waals surface area contributed by atoms with E-state index in [1.54, 1.807) is 7.11 Å².